The van der Waals surface area contributed by atoms with Crippen LogP contribution in [0.2, 0.25) is 5.02 Å². The predicted octanol–water partition coefficient (Wildman–Crippen LogP) is 2.71. The van der Waals surface area contributed by atoms with Gasteiger partial charge in [-0.05, 0) is 22.0 Å². The van der Waals surface area contributed by atoms with Crippen molar-refractivity contribution in [1.82, 2.24) is 0 Å². The first kappa shape index (κ1) is 10.9. The van der Waals surface area contributed by atoms with Crippen molar-refractivity contribution in [2.24, 2.45) is 0 Å². The molecule has 0 heterocycles. The van der Waals surface area contributed by atoms with E-state index in [9.17, 15) is 14.9 Å². The van der Waals surface area contributed by atoms with Crippen molar-refractivity contribution in [2.45, 2.75) is 0 Å². The molecule has 5 nitrogen and oxygen atoms in total. The van der Waals surface area contributed by atoms with E-state index in [1.165, 1.54) is 0 Å². The number of halogens is 2. The summed E-state index contributed by atoms with van der Waals surface area (Å²) < 4.78 is -0.0839. The molecule has 0 radical (unpaired) electrons. The van der Waals surface area contributed by atoms with E-state index in [0.29, 0.717) is 0 Å². The van der Waals surface area contributed by atoms with Crippen LogP contribution in [-0.2, 0) is 0 Å². The molecule has 0 aromatic heterocycles. The number of hydrogen-bond donors (Lipinski definition) is 1. The van der Waals surface area contributed by atoms with Gasteiger partial charge in [-0.2, -0.15) is 0 Å². The van der Waals surface area contributed by atoms with Crippen molar-refractivity contribution in [2.75, 3.05) is 0 Å². The van der Waals surface area contributed by atoms with Crippen LogP contribution in [-0.4, -0.2) is 16.0 Å². The second kappa shape index (κ2) is 3.93. The predicted molar refractivity (Wildman–Crippen MR) is 52.8 cm³/mol. The first-order valence-corrected chi connectivity index (χ1v) is 4.47. The SMILES string of the molecule is O=C(O)c1cc(Cl)cc([N+](=O)[O-])c1Br. The fraction of sp³-hybridized carbons (Fsp3) is 0. The van der Waals surface area contributed by atoms with Crippen molar-refractivity contribution in [1.29, 1.82) is 0 Å². The third kappa shape index (κ3) is 2.02. The molecule has 1 aromatic carbocycles. The van der Waals surface area contributed by atoms with Crippen LogP contribution >= 0.6 is 27.5 Å². The zero-order chi connectivity index (χ0) is 10.9. The molecule has 74 valence electrons. The molecule has 1 rings (SSSR count). The molecular weight excluding hydrogens is 277 g/mol. The molecule has 0 spiro atoms. The van der Waals surface area contributed by atoms with E-state index in [4.69, 9.17) is 16.7 Å². The monoisotopic (exact) mass is 279 g/mol. The molecule has 0 saturated carbocycles. The minimum absolute atomic E-state index is 0.0114. The number of benzene rings is 1. The quantitative estimate of drug-likeness (QED) is 0.667. The van der Waals surface area contributed by atoms with Gasteiger partial charge in [-0.3, -0.25) is 10.1 Å². The number of rotatable bonds is 2. The Bertz CT molecular complexity index is 385. The standard InChI is InChI=1S/C7H3BrClNO4/c8-6-4(7(11)12)1-3(9)2-5(6)10(13)14/h1-2H,(H,11,12). The molecule has 0 aliphatic carbocycles. The van der Waals surface area contributed by atoms with Gasteiger partial charge in [0.2, 0.25) is 0 Å². The van der Waals surface area contributed by atoms with E-state index in [2.05, 4.69) is 15.9 Å². The molecule has 0 bridgehead atoms. The highest BCUT2D eigenvalue weighted by Gasteiger charge is 2.20. The summed E-state index contributed by atoms with van der Waals surface area (Å²) >= 11 is 8.36. The maximum atomic E-state index is 10.6. The van der Waals surface area contributed by atoms with Crippen LogP contribution in [0.5, 0.6) is 0 Å². The van der Waals surface area contributed by atoms with Crippen LogP contribution in [0, 0.1) is 10.1 Å². The van der Waals surface area contributed by atoms with Crippen molar-refractivity contribution in [3.63, 3.8) is 0 Å². The number of carboxylic acids is 1. The summed E-state index contributed by atoms with van der Waals surface area (Å²) in [5.41, 5.74) is -0.598. The minimum atomic E-state index is -1.28. The fourth-order valence-electron chi connectivity index (χ4n) is 0.863. The van der Waals surface area contributed by atoms with Gasteiger partial charge in [-0.1, -0.05) is 11.6 Å². The van der Waals surface area contributed by atoms with Gasteiger partial charge in [0.05, 0.1) is 10.5 Å². The number of nitrogens with zero attached hydrogens (tertiary/aromatic N) is 1. The Labute approximate surface area is 91.6 Å². The summed E-state index contributed by atoms with van der Waals surface area (Å²) in [7, 11) is 0. The summed E-state index contributed by atoms with van der Waals surface area (Å²) in [5.74, 6) is -1.28. The number of carboxylic acid groups (broad SMARTS) is 1. The normalized spacial score (nSPS) is 9.86. The summed E-state index contributed by atoms with van der Waals surface area (Å²) in [4.78, 5) is 20.4. The summed E-state index contributed by atoms with van der Waals surface area (Å²) in [6.07, 6.45) is 0. The van der Waals surface area contributed by atoms with Gasteiger partial charge in [0.25, 0.3) is 5.69 Å². The maximum Gasteiger partial charge on any atom is 0.337 e. The third-order valence-electron chi connectivity index (χ3n) is 1.45. The molecular formula is C7H3BrClNO4. The first-order valence-electron chi connectivity index (χ1n) is 3.30. The Morgan fingerprint density at radius 2 is 2.14 bits per heavy atom. The molecule has 0 atom stereocenters. The van der Waals surface area contributed by atoms with Gasteiger partial charge in [-0.15, -0.1) is 0 Å². The molecule has 0 aliphatic rings. The molecule has 1 aromatic rings. The second-order valence-electron chi connectivity index (χ2n) is 2.35. The van der Waals surface area contributed by atoms with E-state index in [1.54, 1.807) is 0 Å². The van der Waals surface area contributed by atoms with Gasteiger partial charge < -0.3 is 5.11 Å². The van der Waals surface area contributed by atoms with Crippen molar-refractivity contribution >= 4 is 39.2 Å². The van der Waals surface area contributed by atoms with E-state index >= 15 is 0 Å². The fourth-order valence-corrected chi connectivity index (χ4v) is 1.62. The molecule has 0 unspecified atom stereocenters. The highest BCUT2D eigenvalue weighted by Crippen LogP contribution is 2.31. The lowest BCUT2D eigenvalue weighted by molar-refractivity contribution is -0.385. The maximum absolute atomic E-state index is 10.6. The molecule has 1 N–H and O–H groups in total. The number of aromatic carboxylic acids is 1. The van der Waals surface area contributed by atoms with Gasteiger partial charge >= 0.3 is 5.97 Å². The molecule has 0 amide bonds. The topological polar surface area (TPSA) is 80.4 Å². The molecule has 0 fully saturated rings. The summed E-state index contributed by atoms with van der Waals surface area (Å²) in [6, 6.07) is 2.22. The number of hydrogen-bond acceptors (Lipinski definition) is 3. The zero-order valence-electron chi connectivity index (χ0n) is 6.53. The molecule has 7 heteroatoms. The van der Waals surface area contributed by atoms with Gasteiger partial charge in [0.1, 0.15) is 4.47 Å². The summed E-state index contributed by atoms with van der Waals surface area (Å²) in [5, 5.41) is 19.2. The average Bonchev–Trinajstić information content (AvgIpc) is 2.07. The smallest absolute Gasteiger partial charge is 0.337 e. The van der Waals surface area contributed by atoms with Crippen molar-refractivity contribution in [3.05, 3.63) is 37.3 Å². The number of nitro groups is 1. The lowest BCUT2D eigenvalue weighted by Gasteiger charge is -2.00. The largest absolute Gasteiger partial charge is 0.478 e. The van der Waals surface area contributed by atoms with Crippen molar-refractivity contribution < 1.29 is 14.8 Å². The zero-order valence-corrected chi connectivity index (χ0v) is 8.87. The Morgan fingerprint density at radius 3 is 2.57 bits per heavy atom. The van der Waals surface area contributed by atoms with E-state index in [1.807, 2.05) is 0 Å². The van der Waals surface area contributed by atoms with Crippen LogP contribution in [0.15, 0.2) is 16.6 Å². The first-order chi connectivity index (χ1) is 6.43. The van der Waals surface area contributed by atoms with Crippen LogP contribution < -0.4 is 0 Å². The highest BCUT2D eigenvalue weighted by atomic mass is 79.9. The lowest BCUT2D eigenvalue weighted by Crippen LogP contribution is -2.00. The Hall–Kier alpha value is -1.14. The Morgan fingerprint density at radius 1 is 1.57 bits per heavy atom. The van der Waals surface area contributed by atoms with E-state index in [0.717, 1.165) is 12.1 Å². The minimum Gasteiger partial charge on any atom is -0.478 e. The van der Waals surface area contributed by atoms with E-state index in [-0.39, 0.29) is 20.7 Å². The van der Waals surface area contributed by atoms with Crippen LogP contribution in [0.4, 0.5) is 5.69 Å². The van der Waals surface area contributed by atoms with Crippen LogP contribution in [0.25, 0.3) is 0 Å². The molecule has 0 saturated heterocycles. The number of carbonyl (C=O) groups is 1. The summed E-state index contributed by atoms with van der Waals surface area (Å²) in [6.45, 7) is 0. The Balaban J connectivity index is 3.47. The van der Waals surface area contributed by atoms with Crippen molar-refractivity contribution in [3.8, 4) is 0 Å². The van der Waals surface area contributed by atoms with Crippen LogP contribution in [0.1, 0.15) is 10.4 Å². The van der Waals surface area contributed by atoms with Crippen LogP contribution in [0.3, 0.4) is 0 Å². The second-order valence-corrected chi connectivity index (χ2v) is 3.58. The lowest BCUT2D eigenvalue weighted by atomic mass is 10.2. The molecule has 0 aliphatic heterocycles. The van der Waals surface area contributed by atoms with Gasteiger partial charge in [-0.25, -0.2) is 4.79 Å². The van der Waals surface area contributed by atoms with Gasteiger partial charge in [0, 0.05) is 11.1 Å². The van der Waals surface area contributed by atoms with Gasteiger partial charge in [0.15, 0.2) is 0 Å². The Kier molecular flexibility index (Phi) is 3.07. The number of nitro benzene ring substituents is 1. The average molecular weight is 280 g/mol. The van der Waals surface area contributed by atoms with E-state index < -0.39 is 10.9 Å². The highest BCUT2D eigenvalue weighted by molar-refractivity contribution is 9.10. The third-order valence-corrected chi connectivity index (χ3v) is 2.50. The molecule has 14 heavy (non-hydrogen) atoms.